The number of aromatic nitrogens is 2. The molecule has 6 heteroatoms. The van der Waals surface area contributed by atoms with Crippen LogP contribution in [0.25, 0.3) is 22.4 Å². The van der Waals surface area contributed by atoms with Gasteiger partial charge in [0.15, 0.2) is 0 Å². The van der Waals surface area contributed by atoms with Gasteiger partial charge in [0, 0.05) is 29.1 Å². The molecule has 3 aromatic rings. The second kappa shape index (κ2) is 6.25. The molecule has 0 saturated carbocycles. The average molecular weight is 341 g/mol. The standard InChI is InChI=1S/C17H10Cl2N4/c18-14-4-3-10(6-15(14)19)16-7-12(11-2-1-5-22-9-11)13(8-20)17(21)23-16/h1-7,9H,(H2,21,23). The van der Waals surface area contributed by atoms with Crippen LogP contribution < -0.4 is 5.73 Å². The van der Waals surface area contributed by atoms with E-state index in [2.05, 4.69) is 16.0 Å². The van der Waals surface area contributed by atoms with Crippen molar-refractivity contribution in [3.8, 4) is 28.5 Å². The molecule has 0 unspecified atom stereocenters. The number of nitriles is 1. The van der Waals surface area contributed by atoms with E-state index in [1.807, 2.05) is 6.07 Å². The monoisotopic (exact) mass is 340 g/mol. The van der Waals surface area contributed by atoms with Gasteiger partial charge in [-0.3, -0.25) is 4.98 Å². The van der Waals surface area contributed by atoms with Gasteiger partial charge in [0.1, 0.15) is 17.5 Å². The first-order valence-corrected chi connectivity index (χ1v) is 7.42. The molecule has 0 radical (unpaired) electrons. The number of rotatable bonds is 2. The number of hydrogen-bond acceptors (Lipinski definition) is 4. The fourth-order valence-electron chi connectivity index (χ4n) is 2.24. The molecule has 2 aromatic heterocycles. The summed E-state index contributed by atoms with van der Waals surface area (Å²) in [5.74, 6) is 0.162. The molecule has 2 heterocycles. The molecule has 112 valence electrons. The van der Waals surface area contributed by atoms with E-state index < -0.39 is 0 Å². The summed E-state index contributed by atoms with van der Waals surface area (Å²) in [4.78, 5) is 8.39. The van der Waals surface area contributed by atoms with Crippen LogP contribution in [-0.2, 0) is 0 Å². The van der Waals surface area contributed by atoms with Crippen molar-refractivity contribution in [3.63, 3.8) is 0 Å². The summed E-state index contributed by atoms with van der Waals surface area (Å²) in [5, 5.41) is 10.3. The van der Waals surface area contributed by atoms with Crippen LogP contribution in [0.2, 0.25) is 10.0 Å². The highest BCUT2D eigenvalue weighted by Crippen LogP contribution is 2.33. The van der Waals surface area contributed by atoms with Crippen molar-refractivity contribution >= 4 is 29.0 Å². The van der Waals surface area contributed by atoms with Crippen molar-refractivity contribution < 1.29 is 0 Å². The van der Waals surface area contributed by atoms with Gasteiger partial charge >= 0.3 is 0 Å². The lowest BCUT2D eigenvalue weighted by molar-refractivity contribution is 1.29. The second-order valence-corrected chi connectivity index (χ2v) is 5.61. The highest BCUT2D eigenvalue weighted by molar-refractivity contribution is 6.42. The number of nitrogen functional groups attached to an aromatic ring is 1. The summed E-state index contributed by atoms with van der Waals surface area (Å²) in [5.41, 5.74) is 9.12. The number of nitrogens with two attached hydrogens (primary N) is 1. The number of nitrogens with zero attached hydrogens (tertiary/aromatic N) is 3. The Labute approximate surface area is 143 Å². The molecule has 1 aromatic carbocycles. The SMILES string of the molecule is N#Cc1c(-c2cccnc2)cc(-c2ccc(Cl)c(Cl)c2)nc1N. The van der Waals surface area contributed by atoms with E-state index in [1.54, 1.807) is 42.7 Å². The summed E-state index contributed by atoms with van der Waals surface area (Å²) in [6, 6.07) is 12.8. The summed E-state index contributed by atoms with van der Waals surface area (Å²) in [6.07, 6.45) is 3.34. The fourth-order valence-corrected chi connectivity index (χ4v) is 2.53. The summed E-state index contributed by atoms with van der Waals surface area (Å²) in [7, 11) is 0. The minimum absolute atomic E-state index is 0.162. The molecule has 0 spiro atoms. The molecule has 0 aliphatic heterocycles. The Morgan fingerprint density at radius 1 is 1.04 bits per heavy atom. The predicted molar refractivity (Wildman–Crippen MR) is 92.1 cm³/mol. The largest absolute Gasteiger partial charge is 0.383 e. The van der Waals surface area contributed by atoms with Gasteiger partial charge in [0.25, 0.3) is 0 Å². The van der Waals surface area contributed by atoms with Crippen LogP contribution >= 0.6 is 23.2 Å². The molecule has 0 aliphatic rings. The Bertz CT molecular complexity index is 918. The highest BCUT2D eigenvalue weighted by atomic mass is 35.5. The van der Waals surface area contributed by atoms with Gasteiger partial charge in [-0.1, -0.05) is 35.3 Å². The normalized spacial score (nSPS) is 10.3. The molecule has 0 aliphatic carbocycles. The maximum Gasteiger partial charge on any atom is 0.142 e. The number of halogens is 2. The van der Waals surface area contributed by atoms with E-state index in [1.165, 1.54) is 0 Å². The van der Waals surface area contributed by atoms with Crippen LogP contribution in [-0.4, -0.2) is 9.97 Å². The minimum atomic E-state index is 0.162. The van der Waals surface area contributed by atoms with Crippen LogP contribution in [0.15, 0.2) is 48.8 Å². The van der Waals surface area contributed by atoms with Crippen molar-refractivity contribution in [1.29, 1.82) is 5.26 Å². The number of pyridine rings is 2. The topological polar surface area (TPSA) is 75.6 Å². The van der Waals surface area contributed by atoms with Gasteiger partial charge in [-0.2, -0.15) is 5.26 Å². The minimum Gasteiger partial charge on any atom is -0.383 e. The van der Waals surface area contributed by atoms with Gasteiger partial charge in [0.2, 0.25) is 0 Å². The molecule has 0 atom stereocenters. The van der Waals surface area contributed by atoms with E-state index in [0.29, 0.717) is 26.9 Å². The van der Waals surface area contributed by atoms with E-state index in [9.17, 15) is 5.26 Å². The first kappa shape index (κ1) is 15.3. The zero-order valence-electron chi connectivity index (χ0n) is 11.8. The molecule has 3 rings (SSSR count). The third-order valence-corrected chi connectivity index (χ3v) is 4.09. The zero-order valence-corrected chi connectivity index (χ0v) is 13.3. The Morgan fingerprint density at radius 3 is 2.52 bits per heavy atom. The molecule has 0 saturated heterocycles. The number of hydrogen-bond donors (Lipinski definition) is 1. The lowest BCUT2D eigenvalue weighted by Gasteiger charge is -2.10. The summed E-state index contributed by atoms with van der Waals surface area (Å²) >= 11 is 12.0. The van der Waals surface area contributed by atoms with E-state index in [-0.39, 0.29) is 5.82 Å². The van der Waals surface area contributed by atoms with Gasteiger partial charge in [-0.05, 0) is 24.3 Å². The molecule has 0 amide bonds. The predicted octanol–water partition coefficient (Wildman–Crippen LogP) is 4.57. The van der Waals surface area contributed by atoms with E-state index in [4.69, 9.17) is 28.9 Å². The van der Waals surface area contributed by atoms with Crippen molar-refractivity contribution in [2.45, 2.75) is 0 Å². The van der Waals surface area contributed by atoms with Crippen LogP contribution in [0, 0.1) is 11.3 Å². The van der Waals surface area contributed by atoms with Crippen molar-refractivity contribution in [2.24, 2.45) is 0 Å². The summed E-state index contributed by atoms with van der Waals surface area (Å²) < 4.78 is 0. The second-order valence-electron chi connectivity index (χ2n) is 4.80. The molecular weight excluding hydrogens is 331 g/mol. The van der Waals surface area contributed by atoms with Crippen LogP contribution in [0.1, 0.15) is 5.56 Å². The zero-order chi connectivity index (χ0) is 16.4. The molecule has 0 fully saturated rings. The first-order valence-electron chi connectivity index (χ1n) is 6.66. The third-order valence-electron chi connectivity index (χ3n) is 3.35. The Balaban J connectivity index is 2.23. The lowest BCUT2D eigenvalue weighted by Crippen LogP contribution is -2.00. The van der Waals surface area contributed by atoms with E-state index in [0.717, 1.165) is 11.1 Å². The average Bonchev–Trinajstić information content (AvgIpc) is 2.57. The fraction of sp³-hybridized carbons (Fsp3) is 0. The quantitative estimate of drug-likeness (QED) is 0.741. The van der Waals surface area contributed by atoms with Crippen molar-refractivity contribution in [2.75, 3.05) is 5.73 Å². The van der Waals surface area contributed by atoms with Crippen molar-refractivity contribution in [3.05, 3.63) is 64.4 Å². The van der Waals surface area contributed by atoms with Gasteiger partial charge in [0.05, 0.1) is 15.7 Å². The van der Waals surface area contributed by atoms with Crippen LogP contribution in [0.4, 0.5) is 5.82 Å². The Kier molecular flexibility index (Phi) is 4.16. The molecular formula is C17H10Cl2N4. The number of benzene rings is 1. The molecule has 23 heavy (non-hydrogen) atoms. The van der Waals surface area contributed by atoms with Crippen LogP contribution in [0.3, 0.4) is 0 Å². The highest BCUT2D eigenvalue weighted by Gasteiger charge is 2.14. The van der Waals surface area contributed by atoms with Crippen molar-refractivity contribution in [1.82, 2.24) is 9.97 Å². The smallest absolute Gasteiger partial charge is 0.142 e. The lowest BCUT2D eigenvalue weighted by atomic mass is 10.00. The Morgan fingerprint density at radius 2 is 1.87 bits per heavy atom. The molecule has 2 N–H and O–H groups in total. The summed E-state index contributed by atoms with van der Waals surface area (Å²) in [6.45, 7) is 0. The van der Waals surface area contributed by atoms with Gasteiger partial charge < -0.3 is 5.73 Å². The maximum absolute atomic E-state index is 9.37. The Hall–Kier alpha value is -2.61. The third kappa shape index (κ3) is 2.98. The molecule has 0 bridgehead atoms. The first-order chi connectivity index (χ1) is 11.1. The molecule has 4 nitrogen and oxygen atoms in total. The number of anilines is 1. The van der Waals surface area contributed by atoms with E-state index >= 15 is 0 Å². The van der Waals surface area contributed by atoms with Crippen LogP contribution in [0.5, 0.6) is 0 Å². The van der Waals surface area contributed by atoms with Gasteiger partial charge in [-0.25, -0.2) is 4.98 Å². The maximum atomic E-state index is 9.37. The van der Waals surface area contributed by atoms with Gasteiger partial charge in [-0.15, -0.1) is 0 Å².